The zero-order valence-corrected chi connectivity index (χ0v) is 19.9. The number of rotatable bonds is 8. The molecule has 2 aromatic carbocycles. The van der Waals surface area contributed by atoms with E-state index in [0.29, 0.717) is 10.6 Å². The van der Waals surface area contributed by atoms with E-state index in [9.17, 15) is 18.0 Å². The summed E-state index contributed by atoms with van der Waals surface area (Å²) in [6.45, 7) is 1.94. The van der Waals surface area contributed by atoms with Gasteiger partial charge in [-0.3, -0.25) is 4.79 Å². The Balaban J connectivity index is 1.57. The second kappa shape index (κ2) is 9.46. The molecule has 4 rings (SSSR count). The fourth-order valence-corrected chi connectivity index (χ4v) is 5.78. The molecule has 1 fully saturated rings. The number of ether oxygens (including phenoxy) is 1. The molecule has 9 heteroatoms. The van der Waals surface area contributed by atoms with Crippen molar-refractivity contribution >= 4 is 38.9 Å². The number of esters is 1. The van der Waals surface area contributed by atoms with Gasteiger partial charge in [0.1, 0.15) is 4.88 Å². The molecule has 0 saturated heterocycles. The van der Waals surface area contributed by atoms with Crippen molar-refractivity contribution in [1.82, 2.24) is 4.31 Å². The molecule has 0 bridgehead atoms. The highest BCUT2D eigenvalue weighted by Gasteiger charge is 2.35. The van der Waals surface area contributed by atoms with E-state index in [1.807, 2.05) is 30.3 Å². The second-order valence-electron chi connectivity index (χ2n) is 7.67. The molecule has 172 valence electrons. The highest BCUT2D eigenvalue weighted by molar-refractivity contribution is 7.89. The number of sulfonamides is 1. The Hall–Kier alpha value is -3.01. The molecule has 1 heterocycles. The van der Waals surface area contributed by atoms with Crippen LogP contribution in [-0.2, 0) is 14.8 Å². The van der Waals surface area contributed by atoms with Crippen molar-refractivity contribution in [3.05, 3.63) is 71.1 Å². The quantitative estimate of drug-likeness (QED) is 0.471. The number of amides is 1. The summed E-state index contributed by atoms with van der Waals surface area (Å²) in [4.78, 5) is 26.6. The van der Waals surface area contributed by atoms with Crippen LogP contribution in [0.25, 0.3) is 10.4 Å². The monoisotopic (exact) mass is 484 g/mol. The third-order valence-corrected chi connectivity index (χ3v) is 8.44. The number of benzene rings is 2. The summed E-state index contributed by atoms with van der Waals surface area (Å²) in [5.74, 6) is -0.956. The van der Waals surface area contributed by atoms with E-state index in [2.05, 4.69) is 5.32 Å². The summed E-state index contributed by atoms with van der Waals surface area (Å²) in [5, 5.41) is 2.78. The van der Waals surface area contributed by atoms with Crippen LogP contribution in [0.5, 0.6) is 0 Å². The van der Waals surface area contributed by atoms with Crippen LogP contribution < -0.4 is 5.32 Å². The minimum atomic E-state index is -3.59. The van der Waals surface area contributed by atoms with Crippen molar-refractivity contribution in [2.45, 2.75) is 30.7 Å². The lowest BCUT2D eigenvalue weighted by Crippen LogP contribution is -2.29. The van der Waals surface area contributed by atoms with Gasteiger partial charge < -0.3 is 10.1 Å². The molecule has 0 atom stereocenters. The van der Waals surface area contributed by atoms with Crippen LogP contribution in [0.1, 0.15) is 39.8 Å². The molecule has 1 saturated carbocycles. The van der Waals surface area contributed by atoms with E-state index in [0.717, 1.165) is 23.3 Å². The first kappa shape index (κ1) is 23.2. The summed E-state index contributed by atoms with van der Waals surface area (Å²) >= 11 is 1.24. The maximum absolute atomic E-state index is 12.9. The van der Waals surface area contributed by atoms with Crippen molar-refractivity contribution < 1.29 is 22.7 Å². The number of thiophene rings is 1. The highest BCUT2D eigenvalue weighted by Crippen LogP contribution is 2.36. The summed E-state index contributed by atoms with van der Waals surface area (Å²) < 4.78 is 31.9. The first-order valence-corrected chi connectivity index (χ1v) is 12.8. The lowest BCUT2D eigenvalue weighted by atomic mass is 10.2. The first-order chi connectivity index (χ1) is 15.8. The van der Waals surface area contributed by atoms with Crippen LogP contribution in [0, 0.1) is 0 Å². The zero-order chi connectivity index (χ0) is 23.6. The van der Waals surface area contributed by atoms with Gasteiger partial charge in [-0.05, 0) is 55.7 Å². The number of hydrogen-bond donors (Lipinski definition) is 1. The van der Waals surface area contributed by atoms with Gasteiger partial charge >= 0.3 is 5.97 Å². The third-order valence-electron chi connectivity index (χ3n) is 5.35. The molecule has 1 N–H and O–H groups in total. The summed E-state index contributed by atoms with van der Waals surface area (Å²) in [6, 6.07) is 17.1. The predicted octanol–water partition coefficient (Wildman–Crippen LogP) is 4.63. The standard InChI is InChI=1S/C24H24N2O5S2/c1-3-31-24(28)22-20(15-21(32-22)16-7-5-4-6-8-16)25-23(27)17-9-13-19(14-10-17)33(29,30)26(2)18-11-12-18/h4-10,13-15,18H,3,11-12H2,1-2H3,(H,25,27). The number of anilines is 1. The van der Waals surface area contributed by atoms with Gasteiger partial charge in [0, 0.05) is 23.5 Å². The molecule has 0 spiro atoms. The number of nitrogens with zero attached hydrogens (tertiary/aromatic N) is 1. The van der Waals surface area contributed by atoms with Gasteiger partial charge in [-0.1, -0.05) is 30.3 Å². The van der Waals surface area contributed by atoms with Crippen molar-refractivity contribution in [1.29, 1.82) is 0 Å². The van der Waals surface area contributed by atoms with Gasteiger partial charge in [0.05, 0.1) is 17.2 Å². The van der Waals surface area contributed by atoms with E-state index in [-0.39, 0.29) is 23.1 Å². The van der Waals surface area contributed by atoms with Crippen LogP contribution in [-0.4, -0.2) is 44.3 Å². The van der Waals surface area contributed by atoms with Crippen LogP contribution in [0.3, 0.4) is 0 Å². The van der Waals surface area contributed by atoms with E-state index < -0.39 is 21.9 Å². The third kappa shape index (κ3) is 5.00. The molecule has 0 unspecified atom stereocenters. The molecule has 3 aromatic rings. The van der Waals surface area contributed by atoms with Crippen LogP contribution in [0.2, 0.25) is 0 Å². The van der Waals surface area contributed by atoms with Crippen LogP contribution in [0.4, 0.5) is 5.69 Å². The van der Waals surface area contributed by atoms with Crippen LogP contribution >= 0.6 is 11.3 Å². The minimum absolute atomic E-state index is 0.0525. The van der Waals surface area contributed by atoms with E-state index in [1.54, 1.807) is 20.0 Å². The topological polar surface area (TPSA) is 92.8 Å². The van der Waals surface area contributed by atoms with Crippen molar-refractivity contribution in [2.75, 3.05) is 19.0 Å². The number of carbonyl (C=O) groups excluding carboxylic acids is 2. The fraction of sp³-hybridized carbons (Fsp3) is 0.250. The minimum Gasteiger partial charge on any atom is -0.462 e. The Morgan fingerprint density at radius 1 is 1.09 bits per heavy atom. The van der Waals surface area contributed by atoms with Gasteiger partial charge in [-0.25, -0.2) is 13.2 Å². The lowest BCUT2D eigenvalue weighted by molar-refractivity contribution is 0.0533. The molecular formula is C24H24N2O5S2. The fourth-order valence-electron chi connectivity index (χ4n) is 3.35. The second-order valence-corrected chi connectivity index (χ2v) is 10.7. The van der Waals surface area contributed by atoms with Crippen molar-refractivity contribution in [3.8, 4) is 10.4 Å². The SMILES string of the molecule is CCOC(=O)c1sc(-c2ccccc2)cc1NC(=O)c1ccc(S(=O)(=O)N(C)C2CC2)cc1. The molecule has 1 aromatic heterocycles. The van der Waals surface area contributed by atoms with Gasteiger partial charge in [0.15, 0.2) is 0 Å². The van der Waals surface area contributed by atoms with Crippen LogP contribution in [0.15, 0.2) is 65.6 Å². The molecule has 0 radical (unpaired) electrons. The Labute approximate surface area is 197 Å². The summed E-state index contributed by atoms with van der Waals surface area (Å²) in [7, 11) is -2.01. The molecule has 1 aliphatic rings. The van der Waals surface area contributed by atoms with E-state index >= 15 is 0 Å². The lowest BCUT2D eigenvalue weighted by Gasteiger charge is -2.16. The first-order valence-electron chi connectivity index (χ1n) is 10.6. The number of hydrogen-bond acceptors (Lipinski definition) is 6. The largest absolute Gasteiger partial charge is 0.462 e. The van der Waals surface area contributed by atoms with Gasteiger partial charge in [-0.15, -0.1) is 11.3 Å². The predicted molar refractivity (Wildman–Crippen MR) is 128 cm³/mol. The highest BCUT2D eigenvalue weighted by atomic mass is 32.2. The Morgan fingerprint density at radius 3 is 2.36 bits per heavy atom. The average molecular weight is 485 g/mol. The molecule has 33 heavy (non-hydrogen) atoms. The molecule has 1 aliphatic carbocycles. The molecule has 7 nitrogen and oxygen atoms in total. The normalized spacial score (nSPS) is 13.7. The summed E-state index contributed by atoms with van der Waals surface area (Å²) in [5.41, 5.74) is 1.56. The maximum Gasteiger partial charge on any atom is 0.350 e. The van der Waals surface area contributed by atoms with Gasteiger partial charge in [-0.2, -0.15) is 4.31 Å². The summed E-state index contributed by atoms with van der Waals surface area (Å²) in [6.07, 6.45) is 1.73. The zero-order valence-electron chi connectivity index (χ0n) is 18.3. The maximum atomic E-state index is 12.9. The Kier molecular flexibility index (Phi) is 6.64. The van der Waals surface area contributed by atoms with E-state index in [1.165, 1.54) is 39.9 Å². The molecular weight excluding hydrogens is 460 g/mol. The number of carbonyl (C=O) groups is 2. The average Bonchev–Trinajstić information content (AvgIpc) is 3.59. The number of nitrogens with one attached hydrogen (secondary N) is 1. The molecule has 1 amide bonds. The van der Waals surface area contributed by atoms with Crippen molar-refractivity contribution in [3.63, 3.8) is 0 Å². The van der Waals surface area contributed by atoms with Gasteiger partial charge in [0.25, 0.3) is 5.91 Å². The Bertz CT molecular complexity index is 1260. The van der Waals surface area contributed by atoms with Crippen molar-refractivity contribution in [2.24, 2.45) is 0 Å². The van der Waals surface area contributed by atoms with E-state index in [4.69, 9.17) is 4.74 Å². The molecule has 0 aliphatic heterocycles. The Morgan fingerprint density at radius 2 is 1.76 bits per heavy atom. The smallest absolute Gasteiger partial charge is 0.350 e. The van der Waals surface area contributed by atoms with Gasteiger partial charge in [0.2, 0.25) is 10.0 Å².